The van der Waals surface area contributed by atoms with Crippen LogP contribution in [0, 0.1) is 0 Å². The first-order valence-corrected chi connectivity index (χ1v) is 9.17. The fourth-order valence-corrected chi connectivity index (χ4v) is 4.66. The molecule has 1 aromatic heterocycles. The van der Waals surface area contributed by atoms with E-state index in [1.165, 1.54) is 11.3 Å². The number of sulfonamides is 1. The lowest BCUT2D eigenvalue weighted by molar-refractivity contribution is -0.130. The van der Waals surface area contributed by atoms with Gasteiger partial charge in [0.25, 0.3) is 0 Å². The van der Waals surface area contributed by atoms with Crippen LogP contribution in [0.4, 0.5) is 0 Å². The van der Waals surface area contributed by atoms with Crippen molar-refractivity contribution < 1.29 is 13.2 Å². The lowest BCUT2D eigenvalue weighted by Gasteiger charge is -2.27. The van der Waals surface area contributed by atoms with E-state index in [2.05, 4.69) is 4.72 Å². The summed E-state index contributed by atoms with van der Waals surface area (Å²) in [5.74, 6) is 0.0206. The number of amides is 1. The Morgan fingerprint density at radius 3 is 2.70 bits per heavy atom. The monoisotopic (exact) mass is 316 g/mol. The van der Waals surface area contributed by atoms with Gasteiger partial charge in [-0.1, -0.05) is 18.9 Å². The number of thiophene rings is 1. The summed E-state index contributed by atoms with van der Waals surface area (Å²) in [7, 11) is -3.43. The van der Waals surface area contributed by atoms with Crippen LogP contribution in [0.3, 0.4) is 0 Å². The molecule has 1 saturated carbocycles. The average Bonchev–Trinajstić information content (AvgIpc) is 3.06. The Balaban J connectivity index is 1.89. The molecule has 0 bridgehead atoms. The number of hydrogen-bond acceptors (Lipinski definition) is 4. The van der Waals surface area contributed by atoms with Crippen molar-refractivity contribution in [3.05, 3.63) is 17.5 Å². The molecule has 7 heteroatoms. The van der Waals surface area contributed by atoms with E-state index in [0.29, 0.717) is 10.8 Å². The Morgan fingerprint density at radius 2 is 2.15 bits per heavy atom. The highest BCUT2D eigenvalue weighted by Gasteiger charge is 2.24. The molecule has 0 aliphatic heterocycles. The molecule has 1 heterocycles. The molecule has 1 aliphatic carbocycles. The van der Waals surface area contributed by atoms with Gasteiger partial charge in [-0.25, -0.2) is 13.1 Å². The van der Waals surface area contributed by atoms with Crippen molar-refractivity contribution in [3.8, 4) is 0 Å². The minimum absolute atomic E-state index is 0.0206. The van der Waals surface area contributed by atoms with E-state index < -0.39 is 10.0 Å². The van der Waals surface area contributed by atoms with Crippen LogP contribution in [0.15, 0.2) is 21.7 Å². The summed E-state index contributed by atoms with van der Waals surface area (Å²) in [6, 6.07) is 3.56. The topological polar surface area (TPSA) is 66.5 Å². The number of rotatable bonds is 6. The van der Waals surface area contributed by atoms with Gasteiger partial charge in [-0.2, -0.15) is 0 Å². The molecule has 1 N–H and O–H groups in total. The summed E-state index contributed by atoms with van der Waals surface area (Å²) in [6.45, 7) is 2.24. The molecule has 1 fully saturated rings. The third kappa shape index (κ3) is 3.80. The second-order valence-electron chi connectivity index (χ2n) is 4.98. The number of carbonyl (C=O) groups excluding carboxylic acids is 1. The van der Waals surface area contributed by atoms with Crippen LogP contribution in [-0.2, 0) is 14.8 Å². The molecule has 20 heavy (non-hydrogen) atoms. The quantitative estimate of drug-likeness (QED) is 0.870. The van der Waals surface area contributed by atoms with Gasteiger partial charge in [0.15, 0.2) is 0 Å². The zero-order valence-corrected chi connectivity index (χ0v) is 13.2. The van der Waals surface area contributed by atoms with Crippen molar-refractivity contribution >= 4 is 27.3 Å². The maximum absolute atomic E-state index is 12.0. The fraction of sp³-hybridized carbons (Fsp3) is 0.615. The molecule has 0 aromatic carbocycles. The van der Waals surface area contributed by atoms with Gasteiger partial charge in [-0.05, 0) is 24.3 Å². The first-order valence-electron chi connectivity index (χ1n) is 6.81. The van der Waals surface area contributed by atoms with Crippen molar-refractivity contribution in [3.63, 3.8) is 0 Å². The third-order valence-electron chi connectivity index (χ3n) is 3.57. The molecule has 112 valence electrons. The van der Waals surface area contributed by atoms with Crippen LogP contribution in [-0.4, -0.2) is 38.4 Å². The first-order chi connectivity index (χ1) is 9.50. The minimum Gasteiger partial charge on any atom is -0.339 e. The van der Waals surface area contributed by atoms with E-state index in [0.717, 1.165) is 25.7 Å². The second kappa shape index (κ2) is 6.69. The number of nitrogens with one attached hydrogen (secondary N) is 1. The highest BCUT2D eigenvalue weighted by molar-refractivity contribution is 7.91. The van der Waals surface area contributed by atoms with Gasteiger partial charge in [0.1, 0.15) is 4.21 Å². The second-order valence-corrected chi connectivity index (χ2v) is 7.92. The van der Waals surface area contributed by atoms with Crippen molar-refractivity contribution in [2.75, 3.05) is 13.1 Å². The molecule has 1 amide bonds. The van der Waals surface area contributed by atoms with Crippen LogP contribution in [0.1, 0.15) is 32.6 Å². The highest BCUT2D eigenvalue weighted by Crippen LogP contribution is 2.23. The minimum atomic E-state index is -3.43. The molecular formula is C13H20N2O3S2. The van der Waals surface area contributed by atoms with Crippen LogP contribution in [0.25, 0.3) is 0 Å². The van der Waals surface area contributed by atoms with E-state index >= 15 is 0 Å². The summed E-state index contributed by atoms with van der Waals surface area (Å²) in [5, 5.41) is 1.73. The third-order valence-corrected chi connectivity index (χ3v) is 6.43. The van der Waals surface area contributed by atoms with Gasteiger partial charge in [0, 0.05) is 26.1 Å². The summed E-state index contributed by atoms with van der Waals surface area (Å²) in [6.07, 6.45) is 4.35. The SMILES string of the molecule is CC(=O)N(CCNS(=O)(=O)c1cccs1)C1CCCC1. The molecule has 0 saturated heterocycles. The van der Waals surface area contributed by atoms with Crippen molar-refractivity contribution in [2.45, 2.75) is 42.9 Å². The van der Waals surface area contributed by atoms with Crippen LogP contribution >= 0.6 is 11.3 Å². The Kier molecular flexibility index (Phi) is 5.17. The van der Waals surface area contributed by atoms with Gasteiger partial charge in [-0.15, -0.1) is 11.3 Å². The Morgan fingerprint density at radius 1 is 1.45 bits per heavy atom. The van der Waals surface area contributed by atoms with Gasteiger partial charge >= 0.3 is 0 Å². The molecule has 5 nitrogen and oxygen atoms in total. The van der Waals surface area contributed by atoms with Gasteiger partial charge < -0.3 is 4.90 Å². The van der Waals surface area contributed by atoms with E-state index in [9.17, 15) is 13.2 Å². The molecular weight excluding hydrogens is 296 g/mol. The average molecular weight is 316 g/mol. The van der Waals surface area contributed by atoms with E-state index in [4.69, 9.17) is 0 Å². The molecule has 1 aromatic rings. The molecule has 0 unspecified atom stereocenters. The lowest BCUT2D eigenvalue weighted by Crippen LogP contribution is -2.42. The standard InChI is InChI=1S/C13H20N2O3S2/c1-11(16)15(12-5-2-3-6-12)9-8-14-20(17,18)13-7-4-10-19-13/h4,7,10,12,14H,2-3,5-6,8-9H2,1H3. The van der Waals surface area contributed by atoms with E-state index in [-0.39, 0.29) is 18.5 Å². The predicted octanol–water partition coefficient (Wildman–Crippen LogP) is 1.82. The van der Waals surface area contributed by atoms with Crippen LogP contribution in [0.2, 0.25) is 0 Å². The molecule has 0 radical (unpaired) electrons. The zero-order valence-electron chi connectivity index (χ0n) is 11.5. The molecule has 0 spiro atoms. The lowest BCUT2D eigenvalue weighted by atomic mass is 10.2. The van der Waals surface area contributed by atoms with Crippen molar-refractivity contribution in [2.24, 2.45) is 0 Å². The first kappa shape index (κ1) is 15.5. The Bertz CT molecular complexity index is 534. The smallest absolute Gasteiger partial charge is 0.250 e. The normalized spacial score (nSPS) is 16.4. The maximum atomic E-state index is 12.0. The van der Waals surface area contributed by atoms with Crippen LogP contribution < -0.4 is 4.72 Å². The summed E-state index contributed by atoms with van der Waals surface area (Å²) < 4.78 is 26.8. The van der Waals surface area contributed by atoms with E-state index in [1.807, 2.05) is 0 Å². The highest BCUT2D eigenvalue weighted by atomic mass is 32.2. The van der Waals surface area contributed by atoms with Gasteiger partial charge in [-0.3, -0.25) is 4.79 Å². The Labute approximate surface area is 124 Å². The van der Waals surface area contributed by atoms with Crippen LogP contribution in [0.5, 0.6) is 0 Å². The zero-order chi connectivity index (χ0) is 14.6. The van der Waals surface area contributed by atoms with Gasteiger partial charge in [0.2, 0.25) is 15.9 Å². The van der Waals surface area contributed by atoms with Gasteiger partial charge in [0.05, 0.1) is 0 Å². The fourth-order valence-electron chi connectivity index (χ4n) is 2.60. The number of nitrogens with zero attached hydrogens (tertiary/aromatic N) is 1. The Hall–Kier alpha value is -0.920. The summed E-state index contributed by atoms with van der Waals surface area (Å²) in [4.78, 5) is 13.5. The predicted molar refractivity (Wildman–Crippen MR) is 79.2 cm³/mol. The molecule has 2 rings (SSSR count). The number of hydrogen-bond donors (Lipinski definition) is 1. The number of carbonyl (C=O) groups is 1. The van der Waals surface area contributed by atoms with Crippen molar-refractivity contribution in [1.82, 2.24) is 9.62 Å². The maximum Gasteiger partial charge on any atom is 0.250 e. The van der Waals surface area contributed by atoms with E-state index in [1.54, 1.807) is 29.3 Å². The molecule has 1 aliphatic rings. The summed E-state index contributed by atoms with van der Waals surface area (Å²) >= 11 is 1.19. The molecule has 0 atom stereocenters. The largest absolute Gasteiger partial charge is 0.339 e. The van der Waals surface area contributed by atoms with Crippen molar-refractivity contribution in [1.29, 1.82) is 0 Å². The summed E-state index contributed by atoms with van der Waals surface area (Å²) in [5.41, 5.74) is 0.